The molecule has 0 saturated carbocycles. The summed E-state index contributed by atoms with van der Waals surface area (Å²) in [5.41, 5.74) is 3.47. The molecule has 0 fully saturated rings. The summed E-state index contributed by atoms with van der Waals surface area (Å²) in [6.45, 7) is 5.23. The van der Waals surface area contributed by atoms with E-state index in [1.54, 1.807) is 0 Å². The number of ether oxygens (including phenoxy) is 1. The monoisotopic (exact) mass is 422 g/mol. The van der Waals surface area contributed by atoms with Crippen LogP contribution < -0.4 is 15.7 Å². The minimum Gasteiger partial charge on any atom is -0.483 e. The zero-order valence-corrected chi connectivity index (χ0v) is 18.7. The zero-order chi connectivity index (χ0) is 22.4. The number of amides is 1. The van der Waals surface area contributed by atoms with Crippen molar-refractivity contribution in [1.29, 1.82) is 0 Å². The van der Waals surface area contributed by atoms with Crippen LogP contribution in [0.15, 0.2) is 51.7 Å². The van der Waals surface area contributed by atoms with Gasteiger partial charge in [-0.25, -0.2) is 4.79 Å². The average molecular weight is 423 g/mol. The third-order valence-electron chi connectivity index (χ3n) is 5.17. The van der Waals surface area contributed by atoms with E-state index >= 15 is 0 Å². The lowest BCUT2D eigenvalue weighted by Gasteiger charge is -2.14. The standard InChI is InChI=1S/C25H30N2O4/c1-17-13-21(30-16-23(28)26-11-8-12-27(3)4)24-18(2)20(25(29)31-22(24)14-17)15-19-9-6-5-7-10-19/h5-7,9-10,13-14H,8,11-12,15-16H2,1-4H3,(H,26,28). The highest BCUT2D eigenvalue weighted by Crippen LogP contribution is 2.31. The number of hydrogen-bond acceptors (Lipinski definition) is 5. The lowest BCUT2D eigenvalue weighted by molar-refractivity contribution is -0.123. The summed E-state index contributed by atoms with van der Waals surface area (Å²) in [5, 5.41) is 3.61. The molecule has 0 aliphatic heterocycles. The number of nitrogens with zero attached hydrogens (tertiary/aromatic N) is 1. The third-order valence-corrected chi connectivity index (χ3v) is 5.17. The summed E-state index contributed by atoms with van der Waals surface area (Å²) in [5.74, 6) is 0.377. The number of nitrogens with one attached hydrogen (secondary N) is 1. The van der Waals surface area contributed by atoms with Gasteiger partial charge in [0.05, 0.1) is 5.39 Å². The van der Waals surface area contributed by atoms with Gasteiger partial charge in [-0.15, -0.1) is 0 Å². The highest BCUT2D eigenvalue weighted by Gasteiger charge is 2.17. The fourth-order valence-corrected chi connectivity index (χ4v) is 3.57. The van der Waals surface area contributed by atoms with Crippen molar-refractivity contribution in [2.75, 3.05) is 33.8 Å². The van der Waals surface area contributed by atoms with Gasteiger partial charge in [-0.05, 0) is 69.7 Å². The summed E-state index contributed by atoms with van der Waals surface area (Å²) < 4.78 is 11.5. The molecule has 0 saturated heterocycles. The van der Waals surface area contributed by atoms with Crippen LogP contribution in [0.1, 0.15) is 28.7 Å². The van der Waals surface area contributed by atoms with Crippen LogP contribution in [0.5, 0.6) is 5.75 Å². The SMILES string of the molecule is Cc1cc(OCC(=O)NCCCN(C)C)c2c(C)c(Cc3ccccc3)c(=O)oc2c1. The lowest BCUT2D eigenvalue weighted by atomic mass is 9.98. The molecule has 1 amide bonds. The molecule has 164 valence electrons. The molecule has 1 aromatic heterocycles. The Bertz CT molecular complexity index is 1100. The molecular weight excluding hydrogens is 392 g/mol. The number of hydrogen-bond donors (Lipinski definition) is 1. The van der Waals surface area contributed by atoms with Crippen LogP contribution in [-0.4, -0.2) is 44.6 Å². The maximum absolute atomic E-state index is 12.7. The van der Waals surface area contributed by atoms with E-state index < -0.39 is 0 Å². The van der Waals surface area contributed by atoms with Crippen LogP contribution in [0.3, 0.4) is 0 Å². The molecule has 0 aliphatic carbocycles. The van der Waals surface area contributed by atoms with Gasteiger partial charge in [-0.3, -0.25) is 4.79 Å². The molecule has 0 radical (unpaired) electrons. The average Bonchev–Trinajstić information content (AvgIpc) is 2.72. The van der Waals surface area contributed by atoms with Crippen molar-refractivity contribution in [3.8, 4) is 5.75 Å². The molecular formula is C25H30N2O4. The molecule has 1 heterocycles. The molecule has 0 bridgehead atoms. The molecule has 1 N–H and O–H groups in total. The molecule has 0 unspecified atom stereocenters. The van der Waals surface area contributed by atoms with Crippen molar-refractivity contribution in [1.82, 2.24) is 10.2 Å². The van der Waals surface area contributed by atoms with Gasteiger partial charge in [-0.1, -0.05) is 30.3 Å². The summed E-state index contributed by atoms with van der Waals surface area (Å²) >= 11 is 0. The predicted molar refractivity (Wildman–Crippen MR) is 123 cm³/mol. The van der Waals surface area contributed by atoms with Crippen molar-refractivity contribution in [2.24, 2.45) is 0 Å². The van der Waals surface area contributed by atoms with Crippen LogP contribution in [0, 0.1) is 13.8 Å². The molecule has 3 aromatic rings. The van der Waals surface area contributed by atoms with E-state index in [9.17, 15) is 9.59 Å². The molecule has 6 nitrogen and oxygen atoms in total. The first-order valence-electron chi connectivity index (χ1n) is 10.5. The first-order valence-corrected chi connectivity index (χ1v) is 10.5. The highest BCUT2D eigenvalue weighted by molar-refractivity contribution is 5.89. The van der Waals surface area contributed by atoms with Crippen LogP contribution >= 0.6 is 0 Å². The van der Waals surface area contributed by atoms with Gasteiger partial charge in [0.1, 0.15) is 11.3 Å². The fraction of sp³-hybridized carbons (Fsp3) is 0.360. The minimum atomic E-state index is -0.343. The maximum Gasteiger partial charge on any atom is 0.340 e. The van der Waals surface area contributed by atoms with E-state index in [1.807, 2.05) is 70.4 Å². The van der Waals surface area contributed by atoms with Gasteiger partial charge < -0.3 is 19.4 Å². The molecule has 0 atom stereocenters. The number of carbonyl (C=O) groups excluding carboxylic acids is 1. The normalized spacial score (nSPS) is 11.1. The second kappa shape index (κ2) is 10.3. The van der Waals surface area contributed by atoms with Gasteiger partial charge in [0.2, 0.25) is 0 Å². The number of rotatable bonds is 9. The van der Waals surface area contributed by atoms with E-state index in [4.69, 9.17) is 9.15 Å². The third kappa shape index (κ3) is 5.95. The summed E-state index contributed by atoms with van der Waals surface area (Å²) in [6, 6.07) is 13.5. The second-order valence-corrected chi connectivity index (χ2v) is 8.09. The van der Waals surface area contributed by atoms with Gasteiger partial charge in [-0.2, -0.15) is 0 Å². The fourth-order valence-electron chi connectivity index (χ4n) is 3.57. The summed E-state index contributed by atoms with van der Waals surface area (Å²) in [4.78, 5) is 26.9. The number of carbonyl (C=O) groups is 1. The molecule has 31 heavy (non-hydrogen) atoms. The van der Waals surface area contributed by atoms with Crippen molar-refractivity contribution in [3.05, 3.63) is 75.1 Å². The van der Waals surface area contributed by atoms with Crippen LogP contribution in [0.4, 0.5) is 0 Å². The molecule has 3 rings (SSSR count). The second-order valence-electron chi connectivity index (χ2n) is 8.09. The zero-order valence-electron chi connectivity index (χ0n) is 18.7. The Balaban J connectivity index is 1.83. The molecule has 0 aliphatic rings. The van der Waals surface area contributed by atoms with Crippen molar-refractivity contribution < 1.29 is 13.9 Å². The van der Waals surface area contributed by atoms with E-state index in [2.05, 4.69) is 10.2 Å². The Morgan fingerprint density at radius 2 is 1.87 bits per heavy atom. The predicted octanol–water partition coefficient (Wildman–Crippen LogP) is 3.45. The number of benzene rings is 2. The number of fused-ring (bicyclic) bond motifs is 1. The Morgan fingerprint density at radius 3 is 2.58 bits per heavy atom. The van der Waals surface area contributed by atoms with Crippen LogP contribution in [0.2, 0.25) is 0 Å². The molecule has 6 heteroatoms. The Morgan fingerprint density at radius 1 is 1.13 bits per heavy atom. The first-order chi connectivity index (χ1) is 14.8. The maximum atomic E-state index is 12.7. The van der Waals surface area contributed by atoms with Gasteiger partial charge in [0.15, 0.2) is 6.61 Å². The van der Waals surface area contributed by atoms with Crippen LogP contribution in [-0.2, 0) is 11.2 Å². The molecule has 0 spiro atoms. The summed E-state index contributed by atoms with van der Waals surface area (Å²) in [6.07, 6.45) is 1.35. The largest absolute Gasteiger partial charge is 0.483 e. The topological polar surface area (TPSA) is 71.8 Å². The van der Waals surface area contributed by atoms with Crippen molar-refractivity contribution in [3.63, 3.8) is 0 Å². The minimum absolute atomic E-state index is 0.0902. The van der Waals surface area contributed by atoms with Gasteiger partial charge >= 0.3 is 5.63 Å². The van der Waals surface area contributed by atoms with E-state index in [1.165, 1.54) is 0 Å². The molecule has 2 aromatic carbocycles. The van der Waals surface area contributed by atoms with E-state index in [0.29, 0.717) is 29.9 Å². The Hall–Kier alpha value is -3.12. The first kappa shape index (κ1) is 22.6. The Labute approximate surface area is 182 Å². The van der Waals surface area contributed by atoms with Crippen molar-refractivity contribution in [2.45, 2.75) is 26.7 Å². The number of aryl methyl sites for hydroxylation is 2. The Kier molecular flexibility index (Phi) is 7.47. The lowest BCUT2D eigenvalue weighted by Crippen LogP contribution is -2.31. The van der Waals surface area contributed by atoms with Gasteiger partial charge in [0.25, 0.3) is 5.91 Å². The van der Waals surface area contributed by atoms with Gasteiger partial charge in [0, 0.05) is 18.5 Å². The van der Waals surface area contributed by atoms with E-state index in [0.717, 1.165) is 35.0 Å². The highest BCUT2D eigenvalue weighted by atomic mass is 16.5. The summed E-state index contributed by atoms with van der Waals surface area (Å²) in [7, 11) is 4.00. The van der Waals surface area contributed by atoms with Crippen molar-refractivity contribution >= 4 is 16.9 Å². The smallest absolute Gasteiger partial charge is 0.340 e. The quantitative estimate of drug-likeness (QED) is 0.422. The van der Waals surface area contributed by atoms with Crippen LogP contribution in [0.25, 0.3) is 11.0 Å². The van der Waals surface area contributed by atoms with E-state index in [-0.39, 0.29) is 18.1 Å².